The number of hydrogen-bond acceptors (Lipinski definition) is 3. The molecule has 0 aliphatic rings. The van der Waals surface area contributed by atoms with Crippen LogP contribution in [0.25, 0.3) is 0 Å². The molecule has 1 N–H and O–H groups in total. The summed E-state index contributed by atoms with van der Waals surface area (Å²) in [6.45, 7) is 0.969. The van der Waals surface area contributed by atoms with Gasteiger partial charge in [0.25, 0.3) is 0 Å². The van der Waals surface area contributed by atoms with E-state index in [9.17, 15) is 4.57 Å². The first-order valence-electron chi connectivity index (χ1n) is 2.00. The molecule has 0 amide bonds. The summed E-state index contributed by atoms with van der Waals surface area (Å²) in [5.74, 6) is 0. The van der Waals surface area contributed by atoms with E-state index in [0.717, 1.165) is 6.66 Å². The minimum atomic E-state index is -3.31. The zero-order valence-corrected chi connectivity index (χ0v) is 5.72. The maximum Gasteiger partial charge on any atom is 0.327 e. The molecule has 0 radical (unpaired) electrons. The van der Waals surface area contributed by atoms with Crippen LogP contribution in [0.4, 0.5) is 0 Å². The highest BCUT2D eigenvalue weighted by Crippen LogP contribution is 2.35. The lowest BCUT2D eigenvalue weighted by Gasteiger charge is -2.03. The molecule has 4 nitrogen and oxygen atoms in total. The fourth-order valence-corrected chi connectivity index (χ4v) is 0.451. The first-order chi connectivity index (χ1) is 3.56. The second kappa shape index (κ2) is 3.20. The van der Waals surface area contributed by atoms with E-state index < -0.39 is 7.60 Å². The minimum absolute atomic E-state index is 0.135. The summed E-state index contributed by atoms with van der Waals surface area (Å²) in [6, 6.07) is 0. The van der Waals surface area contributed by atoms with Crippen LogP contribution in [-0.4, -0.2) is 25.5 Å². The average Bonchev–Trinajstić information content (AvgIpc) is 1.59. The first kappa shape index (κ1) is 8.11. The van der Waals surface area contributed by atoms with Crippen molar-refractivity contribution in [1.82, 2.24) is 0 Å². The molecule has 0 aromatic carbocycles. The van der Waals surface area contributed by atoms with Crippen LogP contribution in [0.5, 0.6) is 0 Å². The Labute approximate surface area is 48.0 Å². The van der Waals surface area contributed by atoms with Gasteiger partial charge in [-0.15, -0.1) is 0 Å². The highest BCUT2D eigenvalue weighted by molar-refractivity contribution is 7.51. The molecule has 5 heteroatoms. The van der Waals surface area contributed by atoms with Crippen molar-refractivity contribution in [2.45, 2.75) is 0 Å². The molecular formula is C3H9O4P. The maximum atomic E-state index is 10.2. The lowest BCUT2D eigenvalue weighted by Crippen LogP contribution is -1.92. The number of ether oxygens (including phenoxy) is 1. The normalized spacial score (nSPS) is 17.9. The van der Waals surface area contributed by atoms with E-state index in [1.807, 2.05) is 0 Å². The minimum Gasteiger partial charge on any atom is -0.358 e. The Kier molecular flexibility index (Phi) is 3.24. The molecule has 0 saturated heterocycles. The molecule has 0 aliphatic carbocycles. The fraction of sp³-hybridized carbons (Fsp3) is 1.00. The molecule has 0 rings (SSSR count). The van der Waals surface area contributed by atoms with Crippen molar-refractivity contribution in [1.29, 1.82) is 0 Å². The van der Waals surface area contributed by atoms with Gasteiger partial charge in [0.15, 0.2) is 6.79 Å². The van der Waals surface area contributed by atoms with E-state index in [1.54, 1.807) is 0 Å². The van der Waals surface area contributed by atoms with Gasteiger partial charge in [-0.1, -0.05) is 0 Å². The smallest absolute Gasteiger partial charge is 0.327 e. The average molecular weight is 140 g/mol. The standard InChI is InChI=1S/C3H9O4P/c1-6-3-7-8(2,4)5/h3H2,1-2H3,(H,4,5). The highest BCUT2D eigenvalue weighted by Gasteiger charge is 2.07. The second-order valence-electron chi connectivity index (χ2n) is 1.34. The SMILES string of the molecule is COCOP(C)(=O)O. The van der Waals surface area contributed by atoms with Gasteiger partial charge in [-0.05, 0) is 0 Å². The van der Waals surface area contributed by atoms with Crippen molar-refractivity contribution in [3.8, 4) is 0 Å². The van der Waals surface area contributed by atoms with Crippen LogP contribution in [0, 0.1) is 0 Å². The van der Waals surface area contributed by atoms with E-state index in [4.69, 9.17) is 4.89 Å². The molecule has 0 aromatic heterocycles. The predicted molar refractivity (Wildman–Crippen MR) is 28.7 cm³/mol. The molecule has 0 saturated carbocycles. The van der Waals surface area contributed by atoms with E-state index in [1.165, 1.54) is 7.11 Å². The van der Waals surface area contributed by atoms with Crippen molar-refractivity contribution in [2.75, 3.05) is 20.6 Å². The van der Waals surface area contributed by atoms with Gasteiger partial charge in [-0.25, -0.2) is 0 Å². The second-order valence-corrected chi connectivity index (χ2v) is 3.20. The number of hydrogen-bond donors (Lipinski definition) is 1. The van der Waals surface area contributed by atoms with Gasteiger partial charge in [0, 0.05) is 13.8 Å². The maximum absolute atomic E-state index is 10.2. The van der Waals surface area contributed by atoms with Crippen LogP contribution in [0.2, 0.25) is 0 Å². The van der Waals surface area contributed by atoms with Crippen LogP contribution in [-0.2, 0) is 13.8 Å². The molecule has 0 aliphatic heterocycles. The molecular weight excluding hydrogens is 131 g/mol. The third-order valence-corrected chi connectivity index (χ3v) is 0.995. The monoisotopic (exact) mass is 140 g/mol. The van der Waals surface area contributed by atoms with Crippen LogP contribution in [0.3, 0.4) is 0 Å². The van der Waals surface area contributed by atoms with Gasteiger partial charge < -0.3 is 9.63 Å². The Bertz CT molecular complexity index is 95.5. The summed E-state index contributed by atoms with van der Waals surface area (Å²) in [4.78, 5) is 8.40. The van der Waals surface area contributed by atoms with Gasteiger partial charge >= 0.3 is 7.60 Å². The van der Waals surface area contributed by atoms with E-state index in [2.05, 4.69) is 9.26 Å². The topological polar surface area (TPSA) is 55.8 Å². The van der Waals surface area contributed by atoms with Crippen LogP contribution in [0.1, 0.15) is 0 Å². The van der Waals surface area contributed by atoms with Crippen molar-refractivity contribution in [3.63, 3.8) is 0 Å². The Morgan fingerprint density at radius 3 is 2.38 bits per heavy atom. The van der Waals surface area contributed by atoms with Gasteiger partial charge in [0.2, 0.25) is 0 Å². The highest BCUT2D eigenvalue weighted by atomic mass is 31.2. The summed E-state index contributed by atoms with van der Waals surface area (Å²) in [7, 11) is -1.92. The van der Waals surface area contributed by atoms with Crippen LogP contribution >= 0.6 is 7.60 Å². The zero-order valence-electron chi connectivity index (χ0n) is 4.83. The predicted octanol–water partition coefficient (Wildman–Crippen LogP) is 0.422. The Hall–Kier alpha value is 0.110. The molecule has 1 unspecified atom stereocenters. The molecule has 8 heavy (non-hydrogen) atoms. The molecule has 1 atom stereocenters. The molecule has 0 heterocycles. The largest absolute Gasteiger partial charge is 0.358 e. The summed E-state index contributed by atoms with van der Waals surface area (Å²) in [5.41, 5.74) is 0. The van der Waals surface area contributed by atoms with E-state index in [-0.39, 0.29) is 6.79 Å². The van der Waals surface area contributed by atoms with E-state index in [0.29, 0.717) is 0 Å². The number of rotatable bonds is 3. The Balaban J connectivity index is 3.26. The van der Waals surface area contributed by atoms with Crippen molar-refractivity contribution >= 4 is 7.60 Å². The quantitative estimate of drug-likeness (QED) is 0.456. The summed E-state index contributed by atoms with van der Waals surface area (Å²) >= 11 is 0. The van der Waals surface area contributed by atoms with Crippen molar-refractivity contribution in [2.24, 2.45) is 0 Å². The molecule has 0 spiro atoms. The molecule has 0 aromatic rings. The van der Waals surface area contributed by atoms with Gasteiger partial charge in [0.1, 0.15) is 0 Å². The third-order valence-electron chi connectivity index (χ3n) is 0.410. The third kappa shape index (κ3) is 6.11. The Morgan fingerprint density at radius 1 is 1.75 bits per heavy atom. The van der Waals surface area contributed by atoms with Gasteiger partial charge in [-0.2, -0.15) is 0 Å². The molecule has 0 fully saturated rings. The molecule has 0 bridgehead atoms. The van der Waals surface area contributed by atoms with Crippen molar-refractivity contribution < 1.29 is 18.7 Å². The first-order valence-corrected chi connectivity index (χ1v) is 4.02. The lowest BCUT2D eigenvalue weighted by atomic mass is 11.4. The van der Waals surface area contributed by atoms with Gasteiger partial charge in [0.05, 0.1) is 0 Å². The van der Waals surface area contributed by atoms with Crippen LogP contribution in [0.15, 0.2) is 0 Å². The zero-order chi connectivity index (χ0) is 6.62. The number of methoxy groups -OCH3 is 1. The fourth-order valence-electron chi connectivity index (χ4n) is 0.150. The van der Waals surface area contributed by atoms with Crippen LogP contribution < -0.4 is 0 Å². The van der Waals surface area contributed by atoms with Crippen molar-refractivity contribution in [3.05, 3.63) is 0 Å². The molecule has 50 valence electrons. The summed E-state index contributed by atoms with van der Waals surface area (Å²) < 4.78 is 18.9. The summed E-state index contributed by atoms with van der Waals surface area (Å²) in [5, 5.41) is 0. The Morgan fingerprint density at radius 2 is 2.25 bits per heavy atom. The lowest BCUT2D eigenvalue weighted by molar-refractivity contribution is 0.0441. The van der Waals surface area contributed by atoms with Gasteiger partial charge in [-0.3, -0.25) is 9.09 Å². The summed E-state index contributed by atoms with van der Waals surface area (Å²) in [6.07, 6.45) is 0. The van der Waals surface area contributed by atoms with E-state index >= 15 is 0 Å².